The lowest BCUT2D eigenvalue weighted by atomic mass is 9.78. The van der Waals surface area contributed by atoms with Crippen LogP contribution in [0.5, 0.6) is 0 Å². The van der Waals surface area contributed by atoms with E-state index in [4.69, 9.17) is 4.52 Å². The second-order valence-corrected chi connectivity index (χ2v) is 7.15. The first-order chi connectivity index (χ1) is 9.04. The lowest BCUT2D eigenvalue weighted by Crippen LogP contribution is -2.44. The number of nitrogens with one attached hydrogen (secondary N) is 1. The molecule has 1 aromatic heterocycles. The fourth-order valence-corrected chi connectivity index (χ4v) is 3.37. The van der Waals surface area contributed by atoms with Crippen molar-refractivity contribution in [3.63, 3.8) is 0 Å². The second kappa shape index (κ2) is 4.89. The summed E-state index contributed by atoms with van der Waals surface area (Å²) in [6, 6.07) is 0.931. The monoisotopic (exact) mass is 263 g/mol. The van der Waals surface area contributed by atoms with Crippen molar-refractivity contribution in [2.75, 3.05) is 0 Å². The van der Waals surface area contributed by atoms with E-state index in [-0.39, 0.29) is 11.5 Å². The summed E-state index contributed by atoms with van der Waals surface area (Å²) in [5.74, 6) is 2.47. The van der Waals surface area contributed by atoms with Gasteiger partial charge in [0, 0.05) is 11.5 Å². The highest BCUT2D eigenvalue weighted by Crippen LogP contribution is 2.36. The van der Waals surface area contributed by atoms with E-state index >= 15 is 0 Å². The third-order valence-electron chi connectivity index (χ3n) is 4.56. The van der Waals surface area contributed by atoms with Crippen molar-refractivity contribution in [2.45, 2.75) is 76.8 Å². The van der Waals surface area contributed by atoms with Crippen molar-refractivity contribution in [2.24, 2.45) is 5.92 Å². The van der Waals surface area contributed by atoms with Crippen LogP contribution in [0.4, 0.5) is 0 Å². The predicted molar refractivity (Wildman–Crippen MR) is 73.9 cm³/mol. The van der Waals surface area contributed by atoms with Gasteiger partial charge in [0.25, 0.3) is 0 Å². The summed E-state index contributed by atoms with van der Waals surface area (Å²) in [4.78, 5) is 4.60. The van der Waals surface area contributed by atoms with Crippen LogP contribution < -0.4 is 5.32 Å². The van der Waals surface area contributed by atoms with Crippen LogP contribution in [0.3, 0.4) is 0 Å². The summed E-state index contributed by atoms with van der Waals surface area (Å²) in [6.45, 7) is 6.35. The van der Waals surface area contributed by atoms with Crippen molar-refractivity contribution in [1.29, 1.82) is 0 Å². The molecule has 2 fully saturated rings. The van der Waals surface area contributed by atoms with Crippen LogP contribution in [0.15, 0.2) is 4.52 Å². The topological polar surface area (TPSA) is 51.0 Å². The fourth-order valence-electron chi connectivity index (χ4n) is 3.37. The minimum atomic E-state index is -0.0379. The van der Waals surface area contributed by atoms with Crippen LogP contribution in [0, 0.1) is 5.92 Å². The molecule has 0 aromatic carbocycles. The van der Waals surface area contributed by atoms with E-state index < -0.39 is 0 Å². The number of aromatic nitrogens is 2. The highest BCUT2D eigenvalue weighted by Gasteiger charge is 2.35. The minimum absolute atomic E-state index is 0.0379. The van der Waals surface area contributed by atoms with Crippen molar-refractivity contribution in [3.8, 4) is 0 Å². The molecule has 0 radical (unpaired) electrons. The van der Waals surface area contributed by atoms with Gasteiger partial charge < -0.3 is 9.84 Å². The molecule has 1 saturated heterocycles. The van der Waals surface area contributed by atoms with Crippen molar-refractivity contribution < 1.29 is 4.52 Å². The average molecular weight is 263 g/mol. The van der Waals surface area contributed by atoms with Gasteiger partial charge >= 0.3 is 0 Å². The summed E-state index contributed by atoms with van der Waals surface area (Å²) in [7, 11) is 0. The van der Waals surface area contributed by atoms with E-state index in [0.29, 0.717) is 6.04 Å². The van der Waals surface area contributed by atoms with Gasteiger partial charge in [-0.3, -0.25) is 0 Å². The Kier molecular flexibility index (Phi) is 3.37. The van der Waals surface area contributed by atoms with Crippen LogP contribution in [-0.2, 0) is 5.41 Å². The maximum Gasteiger partial charge on any atom is 0.243 e. The number of nitrogens with zero attached hydrogens (tertiary/aromatic N) is 2. The molecule has 3 atom stereocenters. The van der Waals surface area contributed by atoms with E-state index in [1.807, 2.05) is 0 Å². The number of rotatable bonds is 1. The van der Waals surface area contributed by atoms with Crippen LogP contribution in [0.2, 0.25) is 0 Å². The van der Waals surface area contributed by atoms with E-state index in [2.05, 4.69) is 36.2 Å². The normalized spacial score (nSPS) is 32.1. The van der Waals surface area contributed by atoms with E-state index in [1.165, 1.54) is 32.1 Å². The molecule has 3 rings (SSSR count). The molecule has 1 N–H and O–H groups in total. The molecule has 19 heavy (non-hydrogen) atoms. The Hall–Kier alpha value is -0.900. The third kappa shape index (κ3) is 2.69. The standard InChI is InChI=1S/C15H25N3O/c1-15(2,3)14-17-13(19-18-14)12-9-8-10-6-4-5-7-11(10)16-12/h10-12,16H,4-9H2,1-3H3. The highest BCUT2D eigenvalue weighted by molar-refractivity contribution is 5.04. The molecule has 106 valence electrons. The van der Waals surface area contributed by atoms with Gasteiger partial charge in [0.2, 0.25) is 5.89 Å². The van der Waals surface area contributed by atoms with Crippen LogP contribution in [-0.4, -0.2) is 16.2 Å². The maximum atomic E-state index is 5.49. The largest absolute Gasteiger partial charge is 0.338 e. The number of fused-ring (bicyclic) bond motifs is 1. The lowest BCUT2D eigenvalue weighted by molar-refractivity contribution is 0.158. The fraction of sp³-hybridized carbons (Fsp3) is 0.867. The van der Waals surface area contributed by atoms with Crippen molar-refractivity contribution in [3.05, 3.63) is 11.7 Å². The summed E-state index contributed by atoms with van der Waals surface area (Å²) < 4.78 is 5.49. The first-order valence-electron chi connectivity index (χ1n) is 7.64. The van der Waals surface area contributed by atoms with E-state index in [9.17, 15) is 0 Å². The van der Waals surface area contributed by atoms with E-state index in [1.54, 1.807) is 0 Å². The van der Waals surface area contributed by atoms with Crippen LogP contribution in [0.25, 0.3) is 0 Å². The predicted octanol–water partition coefficient (Wildman–Crippen LogP) is 3.35. The van der Waals surface area contributed by atoms with Gasteiger partial charge in [-0.15, -0.1) is 0 Å². The highest BCUT2D eigenvalue weighted by atomic mass is 16.5. The van der Waals surface area contributed by atoms with Crippen molar-refractivity contribution >= 4 is 0 Å². The summed E-state index contributed by atoms with van der Waals surface area (Å²) in [6.07, 6.45) is 7.89. The Morgan fingerprint density at radius 3 is 2.63 bits per heavy atom. The molecule has 0 bridgehead atoms. The molecule has 1 aromatic rings. The smallest absolute Gasteiger partial charge is 0.243 e. The molecule has 3 unspecified atom stereocenters. The zero-order valence-electron chi connectivity index (χ0n) is 12.3. The Balaban J connectivity index is 1.71. The SMILES string of the molecule is CC(C)(C)c1noc(C2CCC3CCCCC3N2)n1. The molecule has 4 nitrogen and oxygen atoms in total. The third-order valence-corrected chi connectivity index (χ3v) is 4.56. The second-order valence-electron chi connectivity index (χ2n) is 7.15. The minimum Gasteiger partial charge on any atom is -0.338 e. The molecule has 1 aliphatic heterocycles. The first-order valence-corrected chi connectivity index (χ1v) is 7.64. The zero-order chi connectivity index (χ0) is 13.5. The molecular weight excluding hydrogens is 238 g/mol. The molecule has 2 heterocycles. The van der Waals surface area contributed by atoms with Gasteiger partial charge in [0.05, 0.1) is 6.04 Å². The molecular formula is C15H25N3O. The van der Waals surface area contributed by atoms with Gasteiger partial charge in [-0.25, -0.2) is 0 Å². The van der Waals surface area contributed by atoms with Gasteiger partial charge in [-0.2, -0.15) is 4.98 Å². The van der Waals surface area contributed by atoms with Crippen molar-refractivity contribution in [1.82, 2.24) is 15.5 Å². The van der Waals surface area contributed by atoms with Crippen LogP contribution >= 0.6 is 0 Å². The Bertz CT molecular complexity index is 435. The Morgan fingerprint density at radius 2 is 1.89 bits per heavy atom. The molecule has 0 spiro atoms. The van der Waals surface area contributed by atoms with Gasteiger partial charge in [0.15, 0.2) is 5.82 Å². The number of piperidine rings is 1. The number of hydrogen-bond donors (Lipinski definition) is 1. The summed E-state index contributed by atoms with van der Waals surface area (Å²) in [5, 5.41) is 7.88. The molecule has 4 heteroatoms. The molecule has 0 amide bonds. The lowest BCUT2D eigenvalue weighted by Gasteiger charge is -2.39. The first kappa shape index (κ1) is 13.1. The molecule has 2 aliphatic rings. The number of hydrogen-bond acceptors (Lipinski definition) is 4. The molecule has 1 saturated carbocycles. The van der Waals surface area contributed by atoms with Gasteiger partial charge in [0.1, 0.15) is 0 Å². The average Bonchev–Trinajstić information content (AvgIpc) is 2.87. The maximum absolute atomic E-state index is 5.49. The molecule has 1 aliphatic carbocycles. The van der Waals surface area contributed by atoms with Crippen LogP contribution in [0.1, 0.15) is 77.1 Å². The quantitative estimate of drug-likeness (QED) is 0.844. The summed E-state index contributed by atoms with van der Waals surface area (Å²) >= 11 is 0. The van der Waals surface area contributed by atoms with E-state index in [0.717, 1.165) is 24.1 Å². The summed E-state index contributed by atoms with van der Waals surface area (Å²) in [5.41, 5.74) is -0.0379. The Morgan fingerprint density at radius 1 is 1.11 bits per heavy atom. The zero-order valence-corrected chi connectivity index (χ0v) is 12.3. The van der Waals surface area contributed by atoms with Gasteiger partial charge in [-0.1, -0.05) is 38.8 Å². The van der Waals surface area contributed by atoms with Gasteiger partial charge in [-0.05, 0) is 31.6 Å². The Labute approximate surface area is 115 Å².